The zero-order chi connectivity index (χ0) is 12.4. The second kappa shape index (κ2) is 4.86. The van der Waals surface area contributed by atoms with E-state index in [-0.39, 0.29) is 15.6 Å². The summed E-state index contributed by atoms with van der Waals surface area (Å²) in [5.41, 5.74) is 0.276. The molecule has 86 valence electrons. The summed E-state index contributed by atoms with van der Waals surface area (Å²) < 4.78 is 13.7. The Kier molecular flexibility index (Phi) is 3.46. The molecule has 0 heterocycles. The molecule has 0 fully saturated rings. The van der Waals surface area contributed by atoms with E-state index in [1.807, 2.05) is 0 Å². The molecular formula is C13H7Cl2FO. The van der Waals surface area contributed by atoms with E-state index in [1.54, 1.807) is 30.3 Å². The highest BCUT2D eigenvalue weighted by atomic mass is 35.5. The van der Waals surface area contributed by atoms with Gasteiger partial charge in [-0.2, -0.15) is 0 Å². The second-order valence-corrected chi connectivity index (χ2v) is 4.29. The Balaban J connectivity index is 2.52. The Hall–Kier alpha value is -1.38. The topological polar surface area (TPSA) is 17.1 Å². The van der Waals surface area contributed by atoms with Gasteiger partial charge in [0.15, 0.2) is 11.6 Å². The lowest BCUT2D eigenvalue weighted by Crippen LogP contribution is -2.04. The molecule has 0 bridgehead atoms. The summed E-state index contributed by atoms with van der Waals surface area (Å²) in [6.07, 6.45) is 0. The molecule has 0 atom stereocenters. The third-order valence-corrected chi connectivity index (χ3v) is 2.77. The highest BCUT2D eigenvalue weighted by Crippen LogP contribution is 2.25. The Morgan fingerprint density at radius 1 is 1.06 bits per heavy atom. The molecule has 4 heteroatoms. The fourth-order valence-electron chi connectivity index (χ4n) is 1.47. The van der Waals surface area contributed by atoms with Gasteiger partial charge in [0.25, 0.3) is 0 Å². The molecule has 1 nitrogen and oxygen atoms in total. The minimum atomic E-state index is -0.745. The van der Waals surface area contributed by atoms with Crippen LogP contribution in [-0.4, -0.2) is 5.78 Å². The maximum absolute atomic E-state index is 13.7. The molecule has 0 aromatic heterocycles. The highest BCUT2D eigenvalue weighted by molar-refractivity contribution is 6.35. The predicted molar refractivity (Wildman–Crippen MR) is 66.3 cm³/mol. The molecule has 2 aromatic carbocycles. The fraction of sp³-hybridized carbons (Fsp3) is 0. The monoisotopic (exact) mass is 268 g/mol. The summed E-state index contributed by atoms with van der Waals surface area (Å²) in [5, 5.41) is 0.0764. The molecule has 0 aliphatic carbocycles. The van der Waals surface area contributed by atoms with Crippen LogP contribution in [-0.2, 0) is 0 Å². The number of hydrogen-bond acceptors (Lipinski definition) is 1. The first kappa shape index (κ1) is 12.1. The maximum atomic E-state index is 13.7. The molecule has 2 rings (SSSR count). The van der Waals surface area contributed by atoms with E-state index in [0.29, 0.717) is 5.56 Å². The van der Waals surface area contributed by atoms with Crippen LogP contribution in [0.4, 0.5) is 4.39 Å². The lowest BCUT2D eigenvalue weighted by Gasteiger charge is -2.05. The zero-order valence-corrected chi connectivity index (χ0v) is 10.1. The molecule has 0 unspecified atom stereocenters. The van der Waals surface area contributed by atoms with Gasteiger partial charge in [0.05, 0.1) is 10.6 Å². The maximum Gasteiger partial charge on any atom is 0.196 e. The second-order valence-electron chi connectivity index (χ2n) is 3.44. The van der Waals surface area contributed by atoms with E-state index >= 15 is 0 Å². The number of carbonyl (C=O) groups excluding carboxylic acids is 1. The highest BCUT2D eigenvalue weighted by Gasteiger charge is 2.17. The van der Waals surface area contributed by atoms with Gasteiger partial charge in [-0.1, -0.05) is 53.5 Å². The van der Waals surface area contributed by atoms with Crippen molar-refractivity contribution in [2.24, 2.45) is 0 Å². The average molecular weight is 269 g/mol. The molecule has 0 N–H and O–H groups in total. The normalized spacial score (nSPS) is 10.3. The van der Waals surface area contributed by atoms with Crippen molar-refractivity contribution < 1.29 is 9.18 Å². The van der Waals surface area contributed by atoms with Crippen LogP contribution in [0.1, 0.15) is 15.9 Å². The van der Waals surface area contributed by atoms with Crippen LogP contribution in [0, 0.1) is 5.82 Å². The Morgan fingerprint density at radius 2 is 1.71 bits per heavy atom. The van der Waals surface area contributed by atoms with Crippen LogP contribution >= 0.6 is 23.2 Å². The number of ketones is 1. The average Bonchev–Trinajstić information content (AvgIpc) is 2.34. The van der Waals surface area contributed by atoms with Gasteiger partial charge in [0.2, 0.25) is 0 Å². The van der Waals surface area contributed by atoms with Crippen molar-refractivity contribution in [1.82, 2.24) is 0 Å². The third kappa shape index (κ3) is 2.48. The van der Waals surface area contributed by atoms with Crippen molar-refractivity contribution in [3.63, 3.8) is 0 Å². The summed E-state index contributed by atoms with van der Waals surface area (Å²) >= 11 is 11.4. The van der Waals surface area contributed by atoms with E-state index in [4.69, 9.17) is 23.2 Å². The van der Waals surface area contributed by atoms with Crippen LogP contribution in [0.15, 0.2) is 42.5 Å². The molecule has 0 amide bonds. The minimum Gasteiger partial charge on any atom is -0.288 e. The van der Waals surface area contributed by atoms with Gasteiger partial charge in [-0.25, -0.2) is 4.39 Å². The van der Waals surface area contributed by atoms with Crippen LogP contribution < -0.4 is 0 Å². The van der Waals surface area contributed by atoms with Crippen LogP contribution in [0.25, 0.3) is 0 Å². The Bertz CT molecular complexity index is 567. The van der Waals surface area contributed by atoms with Gasteiger partial charge in [-0.05, 0) is 12.1 Å². The van der Waals surface area contributed by atoms with Gasteiger partial charge < -0.3 is 0 Å². The number of rotatable bonds is 2. The largest absolute Gasteiger partial charge is 0.288 e. The van der Waals surface area contributed by atoms with Gasteiger partial charge in [0, 0.05) is 10.6 Å². The number of halogens is 3. The molecule has 0 radical (unpaired) electrons. The zero-order valence-electron chi connectivity index (χ0n) is 8.58. The van der Waals surface area contributed by atoms with Gasteiger partial charge >= 0.3 is 0 Å². The van der Waals surface area contributed by atoms with Crippen molar-refractivity contribution in [2.45, 2.75) is 0 Å². The van der Waals surface area contributed by atoms with E-state index < -0.39 is 11.6 Å². The first-order valence-corrected chi connectivity index (χ1v) is 5.59. The lowest BCUT2D eigenvalue weighted by molar-refractivity contribution is 0.103. The lowest BCUT2D eigenvalue weighted by atomic mass is 10.0. The minimum absolute atomic E-state index is 0.117. The standard InChI is InChI=1S/C13H7Cl2FO/c14-9-6-10(12(16)11(15)7-9)13(17)8-4-2-1-3-5-8/h1-7H. The van der Waals surface area contributed by atoms with Gasteiger partial charge in [-0.15, -0.1) is 0 Å². The van der Waals surface area contributed by atoms with Gasteiger partial charge in [0.1, 0.15) is 0 Å². The molecule has 0 saturated carbocycles. The summed E-state index contributed by atoms with van der Waals surface area (Å²) in [7, 11) is 0. The molecule has 17 heavy (non-hydrogen) atoms. The van der Waals surface area contributed by atoms with E-state index in [1.165, 1.54) is 12.1 Å². The van der Waals surface area contributed by atoms with Crippen LogP contribution in [0.5, 0.6) is 0 Å². The Labute approximate surface area is 108 Å². The smallest absolute Gasteiger partial charge is 0.196 e. The van der Waals surface area contributed by atoms with Crippen LogP contribution in [0.3, 0.4) is 0 Å². The molecule has 0 aliphatic rings. The fourth-order valence-corrected chi connectivity index (χ4v) is 1.96. The summed E-state index contributed by atoms with van der Waals surface area (Å²) in [4.78, 5) is 12.0. The molecule has 0 aliphatic heterocycles. The molecule has 0 spiro atoms. The Morgan fingerprint density at radius 3 is 2.35 bits per heavy atom. The SMILES string of the molecule is O=C(c1ccccc1)c1cc(Cl)cc(Cl)c1F. The number of benzene rings is 2. The van der Waals surface area contributed by atoms with Gasteiger partial charge in [-0.3, -0.25) is 4.79 Å². The van der Waals surface area contributed by atoms with E-state index in [2.05, 4.69) is 0 Å². The summed E-state index contributed by atoms with van der Waals surface area (Å²) in [5.74, 6) is -1.18. The molecule has 0 saturated heterocycles. The molecular weight excluding hydrogens is 262 g/mol. The first-order chi connectivity index (χ1) is 8.09. The van der Waals surface area contributed by atoms with Crippen molar-refractivity contribution in [3.8, 4) is 0 Å². The summed E-state index contributed by atoms with van der Waals surface area (Å²) in [6, 6.07) is 10.9. The van der Waals surface area contributed by atoms with E-state index in [0.717, 1.165) is 0 Å². The predicted octanol–water partition coefficient (Wildman–Crippen LogP) is 4.36. The number of carbonyl (C=O) groups is 1. The van der Waals surface area contributed by atoms with Crippen molar-refractivity contribution in [2.75, 3.05) is 0 Å². The third-order valence-electron chi connectivity index (χ3n) is 2.27. The van der Waals surface area contributed by atoms with E-state index in [9.17, 15) is 9.18 Å². The van der Waals surface area contributed by atoms with Crippen LogP contribution in [0.2, 0.25) is 10.0 Å². The first-order valence-electron chi connectivity index (χ1n) is 4.84. The van der Waals surface area contributed by atoms with Crippen molar-refractivity contribution >= 4 is 29.0 Å². The summed E-state index contributed by atoms with van der Waals surface area (Å²) in [6.45, 7) is 0. The molecule has 2 aromatic rings. The quantitative estimate of drug-likeness (QED) is 0.584. The number of hydrogen-bond donors (Lipinski definition) is 0. The van der Waals surface area contributed by atoms with Crippen molar-refractivity contribution in [1.29, 1.82) is 0 Å². The van der Waals surface area contributed by atoms with Crippen molar-refractivity contribution in [3.05, 3.63) is 69.5 Å².